The van der Waals surface area contributed by atoms with Gasteiger partial charge in [0.15, 0.2) is 11.5 Å². The molecule has 6 nitrogen and oxygen atoms in total. The van der Waals surface area contributed by atoms with Crippen LogP contribution in [0.25, 0.3) is 5.82 Å². The first-order valence-electron chi connectivity index (χ1n) is 6.39. The molecular weight excluding hydrogens is 304 g/mol. The molecule has 2 aromatic heterocycles. The van der Waals surface area contributed by atoms with Crippen LogP contribution in [0, 0.1) is 0 Å². The van der Waals surface area contributed by atoms with Crippen molar-refractivity contribution in [1.82, 2.24) is 14.8 Å². The molecule has 0 saturated heterocycles. The van der Waals surface area contributed by atoms with Gasteiger partial charge in [-0.1, -0.05) is 29.8 Å². The van der Waals surface area contributed by atoms with Crippen molar-refractivity contribution >= 4 is 23.4 Å². The number of ether oxygens (including phenoxy) is 1. The number of para-hydroxylation sites is 1. The largest absolute Gasteiger partial charge is 0.422 e. The van der Waals surface area contributed by atoms with E-state index in [2.05, 4.69) is 10.1 Å². The van der Waals surface area contributed by atoms with Crippen LogP contribution in [0.5, 0.6) is 5.75 Å². The fourth-order valence-corrected chi connectivity index (χ4v) is 2.09. The number of rotatable bonds is 3. The van der Waals surface area contributed by atoms with Crippen LogP contribution in [0.2, 0.25) is 5.02 Å². The third kappa shape index (κ3) is 2.77. The first-order chi connectivity index (χ1) is 10.6. The third-order valence-corrected chi connectivity index (χ3v) is 3.13. The van der Waals surface area contributed by atoms with E-state index < -0.39 is 5.97 Å². The maximum atomic E-state index is 12.3. The van der Waals surface area contributed by atoms with E-state index in [0.717, 1.165) is 0 Å². The highest BCUT2D eigenvalue weighted by Crippen LogP contribution is 2.21. The minimum Gasteiger partial charge on any atom is -0.422 e. The molecule has 2 heterocycles. The number of nitrogen functional groups attached to an aromatic ring is 1. The van der Waals surface area contributed by atoms with E-state index in [4.69, 9.17) is 22.1 Å². The summed E-state index contributed by atoms with van der Waals surface area (Å²) in [7, 11) is 0. The number of nitrogens with two attached hydrogens (primary N) is 1. The Morgan fingerprint density at radius 3 is 2.68 bits per heavy atom. The van der Waals surface area contributed by atoms with Gasteiger partial charge >= 0.3 is 5.97 Å². The summed E-state index contributed by atoms with van der Waals surface area (Å²) in [5.41, 5.74) is 5.83. The molecule has 0 amide bonds. The van der Waals surface area contributed by atoms with Crippen molar-refractivity contribution in [3.05, 3.63) is 65.4 Å². The van der Waals surface area contributed by atoms with Gasteiger partial charge in [-0.2, -0.15) is 0 Å². The maximum Gasteiger partial charge on any atom is 0.362 e. The van der Waals surface area contributed by atoms with Crippen LogP contribution in [0.1, 0.15) is 10.5 Å². The summed E-state index contributed by atoms with van der Waals surface area (Å²) < 4.78 is 6.56. The van der Waals surface area contributed by atoms with Crippen molar-refractivity contribution in [1.29, 1.82) is 0 Å². The monoisotopic (exact) mass is 314 g/mol. The number of nitrogens with zero attached hydrogens (tertiary/aromatic N) is 3. The molecule has 0 aliphatic heterocycles. The molecule has 0 saturated carbocycles. The predicted octanol–water partition coefficient (Wildman–Crippen LogP) is 2.72. The first kappa shape index (κ1) is 14.1. The lowest BCUT2D eigenvalue weighted by Crippen LogP contribution is -2.15. The zero-order valence-electron chi connectivity index (χ0n) is 11.3. The fraction of sp³-hybridized carbons (Fsp3) is 0. The molecule has 3 aromatic rings. The second kappa shape index (κ2) is 5.87. The summed E-state index contributed by atoms with van der Waals surface area (Å²) in [4.78, 5) is 16.4. The summed E-state index contributed by atoms with van der Waals surface area (Å²) in [6, 6.07) is 13.5. The normalized spacial score (nSPS) is 10.4. The zero-order valence-corrected chi connectivity index (χ0v) is 12.1. The molecule has 0 aliphatic rings. The Balaban J connectivity index is 1.98. The predicted molar refractivity (Wildman–Crippen MR) is 82.2 cm³/mol. The SMILES string of the molecule is Nc1cc(C(=O)Oc2ccccc2)n(-c2ncccc2Cl)n1. The van der Waals surface area contributed by atoms with Crippen LogP contribution in [0.4, 0.5) is 5.82 Å². The number of carbonyl (C=O) groups excluding carboxylic acids is 1. The molecule has 7 heteroatoms. The van der Waals surface area contributed by atoms with Gasteiger partial charge in [-0.3, -0.25) is 0 Å². The highest BCUT2D eigenvalue weighted by atomic mass is 35.5. The molecule has 0 spiro atoms. The second-order valence-electron chi connectivity index (χ2n) is 4.38. The van der Waals surface area contributed by atoms with E-state index in [-0.39, 0.29) is 11.5 Å². The standard InChI is InChI=1S/C15H11ClN4O2/c16-11-7-4-8-18-14(11)20-12(9-13(17)19-20)15(21)22-10-5-2-1-3-6-10/h1-9H,(H2,17,19). The molecule has 2 N–H and O–H groups in total. The van der Waals surface area contributed by atoms with Crippen molar-refractivity contribution in [3.63, 3.8) is 0 Å². The van der Waals surface area contributed by atoms with Gasteiger partial charge < -0.3 is 10.5 Å². The third-order valence-electron chi connectivity index (χ3n) is 2.83. The minimum absolute atomic E-state index is 0.141. The summed E-state index contributed by atoms with van der Waals surface area (Å²) in [5.74, 6) is 0.297. The van der Waals surface area contributed by atoms with Gasteiger partial charge in [-0.25, -0.2) is 14.5 Å². The lowest BCUT2D eigenvalue weighted by molar-refractivity contribution is 0.0725. The number of anilines is 1. The molecule has 110 valence electrons. The summed E-state index contributed by atoms with van der Waals surface area (Å²) in [5, 5.41) is 4.40. The van der Waals surface area contributed by atoms with Crippen molar-refractivity contribution in [3.8, 4) is 11.6 Å². The Morgan fingerprint density at radius 2 is 1.95 bits per heavy atom. The van der Waals surface area contributed by atoms with Crippen LogP contribution >= 0.6 is 11.6 Å². The van der Waals surface area contributed by atoms with Crippen LogP contribution in [-0.4, -0.2) is 20.7 Å². The summed E-state index contributed by atoms with van der Waals surface area (Å²) in [6.07, 6.45) is 1.55. The van der Waals surface area contributed by atoms with Crippen molar-refractivity contribution in [2.24, 2.45) is 0 Å². The second-order valence-corrected chi connectivity index (χ2v) is 4.78. The van der Waals surface area contributed by atoms with Gasteiger partial charge in [0.05, 0.1) is 5.02 Å². The van der Waals surface area contributed by atoms with Crippen molar-refractivity contribution < 1.29 is 9.53 Å². The van der Waals surface area contributed by atoms with Crippen LogP contribution < -0.4 is 10.5 Å². The minimum atomic E-state index is -0.600. The number of hydrogen-bond donors (Lipinski definition) is 1. The number of esters is 1. The molecule has 0 fully saturated rings. The molecule has 22 heavy (non-hydrogen) atoms. The van der Waals surface area contributed by atoms with Gasteiger partial charge in [-0.15, -0.1) is 5.10 Å². The lowest BCUT2D eigenvalue weighted by Gasteiger charge is -2.07. The number of halogens is 1. The van der Waals surface area contributed by atoms with E-state index in [1.165, 1.54) is 10.7 Å². The first-order valence-corrected chi connectivity index (χ1v) is 6.76. The number of pyridine rings is 1. The van der Waals surface area contributed by atoms with E-state index in [0.29, 0.717) is 16.6 Å². The molecule has 1 aromatic carbocycles. The van der Waals surface area contributed by atoms with Crippen LogP contribution in [-0.2, 0) is 0 Å². The number of aromatic nitrogens is 3. The highest BCUT2D eigenvalue weighted by molar-refractivity contribution is 6.32. The Bertz CT molecular complexity index is 817. The lowest BCUT2D eigenvalue weighted by atomic mass is 10.3. The number of carbonyl (C=O) groups is 1. The van der Waals surface area contributed by atoms with E-state index in [9.17, 15) is 4.79 Å². The Hall–Kier alpha value is -2.86. The quantitative estimate of drug-likeness (QED) is 0.593. The smallest absolute Gasteiger partial charge is 0.362 e. The Kier molecular flexibility index (Phi) is 3.76. The van der Waals surface area contributed by atoms with Gasteiger partial charge in [0, 0.05) is 12.3 Å². The van der Waals surface area contributed by atoms with E-state index in [1.54, 1.807) is 42.6 Å². The van der Waals surface area contributed by atoms with Gasteiger partial charge in [0.2, 0.25) is 0 Å². The van der Waals surface area contributed by atoms with Gasteiger partial charge in [-0.05, 0) is 24.3 Å². The van der Waals surface area contributed by atoms with Gasteiger partial charge in [0.1, 0.15) is 11.6 Å². The molecular formula is C15H11ClN4O2. The Morgan fingerprint density at radius 1 is 1.18 bits per heavy atom. The summed E-state index contributed by atoms with van der Waals surface area (Å²) >= 11 is 6.09. The topological polar surface area (TPSA) is 83.0 Å². The van der Waals surface area contributed by atoms with Crippen molar-refractivity contribution in [2.75, 3.05) is 5.73 Å². The van der Waals surface area contributed by atoms with E-state index >= 15 is 0 Å². The molecule has 3 rings (SSSR count). The van der Waals surface area contributed by atoms with Crippen LogP contribution in [0.3, 0.4) is 0 Å². The van der Waals surface area contributed by atoms with Crippen molar-refractivity contribution in [2.45, 2.75) is 0 Å². The zero-order chi connectivity index (χ0) is 15.5. The molecule has 0 bridgehead atoms. The molecule has 0 unspecified atom stereocenters. The van der Waals surface area contributed by atoms with E-state index in [1.807, 2.05) is 6.07 Å². The molecule has 0 aliphatic carbocycles. The average molecular weight is 315 g/mol. The summed E-state index contributed by atoms with van der Waals surface area (Å²) in [6.45, 7) is 0. The Labute approximate surface area is 131 Å². The average Bonchev–Trinajstić information content (AvgIpc) is 2.90. The van der Waals surface area contributed by atoms with Gasteiger partial charge in [0.25, 0.3) is 0 Å². The number of benzene rings is 1. The molecule has 0 radical (unpaired) electrons. The highest BCUT2D eigenvalue weighted by Gasteiger charge is 2.20. The fourth-order valence-electron chi connectivity index (χ4n) is 1.89. The number of hydrogen-bond acceptors (Lipinski definition) is 5. The van der Waals surface area contributed by atoms with Crippen LogP contribution in [0.15, 0.2) is 54.7 Å². The molecule has 0 atom stereocenters. The maximum absolute atomic E-state index is 12.3.